The van der Waals surface area contributed by atoms with Crippen LogP contribution in [-0.4, -0.2) is 22.2 Å². The Morgan fingerprint density at radius 1 is 1.14 bits per heavy atom. The number of anilines is 1. The van der Waals surface area contributed by atoms with Crippen molar-refractivity contribution in [3.05, 3.63) is 58.6 Å². The number of aliphatic imine (C=N–C) groups is 1. The van der Waals surface area contributed by atoms with Gasteiger partial charge in [0.15, 0.2) is 5.17 Å². The van der Waals surface area contributed by atoms with E-state index < -0.39 is 5.25 Å². The van der Waals surface area contributed by atoms with Crippen molar-refractivity contribution in [3.8, 4) is 0 Å². The van der Waals surface area contributed by atoms with Crippen LogP contribution in [0.5, 0.6) is 0 Å². The first-order chi connectivity index (χ1) is 13.5. The van der Waals surface area contributed by atoms with Gasteiger partial charge in [-0.3, -0.25) is 9.59 Å². The van der Waals surface area contributed by atoms with Gasteiger partial charge in [-0.05, 0) is 36.1 Å². The van der Waals surface area contributed by atoms with Crippen LogP contribution in [0.3, 0.4) is 0 Å². The standard InChI is InChI=1S/C21H22ClN3O2S/c1-3-13-8-7-9-14(4-2)19(13)24-21-25-20(27)17(28-21)12-18(26)23-16-11-6-5-10-15(16)22/h5-11,17H,3-4,12H2,1-2H3,(H,23,26)(H,24,25,27)/t17-/m0/s1. The number of halogens is 1. The minimum absolute atomic E-state index is 0.0524. The third-order valence-corrected chi connectivity index (χ3v) is 5.88. The zero-order valence-electron chi connectivity index (χ0n) is 15.8. The molecule has 0 aromatic heterocycles. The van der Waals surface area contributed by atoms with Crippen LogP contribution in [0.15, 0.2) is 47.5 Å². The van der Waals surface area contributed by atoms with Gasteiger partial charge in [-0.25, -0.2) is 4.99 Å². The molecule has 1 fully saturated rings. The summed E-state index contributed by atoms with van der Waals surface area (Å²) in [4.78, 5) is 29.3. The molecule has 1 aliphatic rings. The molecule has 0 spiro atoms. The number of para-hydroxylation sites is 2. The summed E-state index contributed by atoms with van der Waals surface area (Å²) in [6.07, 6.45) is 1.78. The molecule has 1 saturated heterocycles. The molecule has 3 rings (SSSR count). The smallest absolute Gasteiger partial charge is 0.240 e. The monoisotopic (exact) mass is 415 g/mol. The lowest BCUT2D eigenvalue weighted by Crippen LogP contribution is -2.28. The van der Waals surface area contributed by atoms with E-state index in [0.717, 1.165) is 29.7 Å². The predicted octanol–water partition coefficient (Wildman–Crippen LogP) is 4.71. The van der Waals surface area contributed by atoms with Crippen molar-refractivity contribution in [3.63, 3.8) is 0 Å². The third-order valence-electron chi connectivity index (χ3n) is 4.47. The van der Waals surface area contributed by atoms with E-state index >= 15 is 0 Å². The fourth-order valence-corrected chi connectivity index (χ4v) is 4.14. The molecule has 1 aliphatic heterocycles. The van der Waals surface area contributed by atoms with Gasteiger partial charge in [0.05, 0.1) is 16.4 Å². The molecule has 1 heterocycles. The summed E-state index contributed by atoms with van der Waals surface area (Å²) >= 11 is 7.36. The van der Waals surface area contributed by atoms with Crippen molar-refractivity contribution in [2.45, 2.75) is 38.4 Å². The molecule has 146 valence electrons. The van der Waals surface area contributed by atoms with Gasteiger partial charge in [-0.15, -0.1) is 0 Å². The maximum atomic E-state index is 12.3. The Morgan fingerprint density at radius 2 is 1.82 bits per heavy atom. The van der Waals surface area contributed by atoms with Gasteiger partial charge in [-0.1, -0.05) is 67.5 Å². The fourth-order valence-electron chi connectivity index (χ4n) is 2.98. The van der Waals surface area contributed by atoms with Gasteiger partial charge >= 0.3 is 0 Å². The summed E-state index contributed by atoms with van der Waals surface area (Å²) in [6.45, 7) is 4.17. The number of carbonyl (C=O) groups excluding carboxylic acids is 2. The minimum atomic E-state index is -0.514. The van der Waals surface area contributed by atoms with Crippen LogP contribution < -0.4 is 10.6 Å². The minimum Gasteiger partial charge on any atom is -0.325 e. The highest BCUT2D eigenvalue weighted by molar-refractivity contribution is 8.15. The predicted molar refractivity (Wildman–Crippen MR) is 117 cm³/mol. The quantitative estimate of drug-likeness (QED) is 0.717. The van der Waals surface area contributed by atoms with E-state index in [-0.39, 0.29) is 18.2 Å². The van der Waals surface area contributed by atoms with Crippen LogP contribution in [0.1, 0.15) is 31.4 Å². The lowest BCUT2D eigenvalue weighted by molar-refractivity contribution is -0.122. The lowest BCUT2D eigenvalue weighted by Gasteiger charge is -2.09. The topological polar surface area (TPSA) is 70.6 Å². The van der Waals surface area contributed by atoms with E-state index in [9.17, 15) is 9.59 Å². The number of rotatable bonds is 6. The molecule has 0 bridgehead atoms. The van der Waals surface area contributed by atoms with Crippen LogP contribution in [0.25, 0.3) is 0 Å². The van der Waals surface area contributed by atoms with Crippen LogP contribution in [0.2, 0.25) is 5.02 Å². The Kier molecular flexibility index (Phi) is 6.75. The molecule has 2 aromatic rings. The molecule has 0 unspecified atom stereocenters. The number of amides is 2. The highest BCUT2D eigenvalue weighted by atomic mass is 35.5. The van der Waals surface area contributed by atoms with Crippen LogP contribution >= 0.6 is 23.4 Å². The molecule has 0 saturated carbocycles. The maximum Gasteiger partial charge on any atom is 0.240 e. The summed E-state index contributed by atoms with van der Waals surface area (Å²) in [6, 6.07) is 13.1. The molecule has 0 radical (unpaired) electrons. The van der Waals surface area contributed by atoms with Gasteiger partial charge in [0.2, 0.25) is 11.8 Å². The molecule has 2 amide bonds. The zero-order chi connectivity index (χ0) is 20.1. The van der Waals surface area contributed by atoms with Gasteiger partial charge in [0.25, 0.3) is 0 Å². The average molecular weight is 416 g/mol. The molecule has 5 nitrogen and oxygen atoms in total. The molecule has 7 heteroatoms. The number of benzene rings is 2. The van der Waals surface area contributed by atoms with Gasteiger partial charge in [-0.2, -0.15) is 0 Å². The highest BCUT2D eigenvalue weighted by Crippen LogP contribution is 2.30. The Labute approximate surface area is 174 Å². The van der Waals surface area contributed by atoms with Crippen molar-refractivity contribution in [1.82, 2.24) is 5.32 Å². The highest BCUT2D eigenvalue weighted by Gasteiger charge is 2.32. The molecule has 28 heavy (non-hydrogen) atoms. The van der Waals surface area contributed by atoms with Crippen molar-refractivity contribution < 1.29 is 9.59 Å². The summed E-state index contributed by atoms with van der Waals surface area (Å²) in [5.41, 5.74) is 3.73. The number of aryl methyl sites for hydroxylation is 2. The Balaban J connectivity index is 1.71. The molecule has 2 aromatic carbocycles. The SMILES string of the molecule is CCc1cccc(CC)c1N=C1NC(=O)[C@H](CC(=O)Nc2ccccc2Cl)S1. The molecule has 0 aliphatic carbocycles. The van der Waals surface area contributed by atoms with Gasteiger partial charge in [0, 0.05) is 6.42 Å². The second kappa shape index (κ2) is 9.26. The Bertz CT molecular complexity index is 907. The number of nitrogens with one attached hydrogen (secondary N) is 2. The molecule has 1 atom stereocenters. The van der Waals surface area contributed by atoms with E-state index in [4.69, 9.17) is 16.6 Å². The lowest BCUT2D eigenvalue weighted by atomic mass is 10.0. The van der Waals surface area contributed by atoms with Crippen molar-refractivity contribution in [2.24, 2.45) is 4.99 Å². The zero-order valence-corrected chi connectivity index (χ0v) is 17.4. The second-order valence-corrected chi connectivity index (χ2v) is 7.98. The Morgan fingerprint density at radius 3 is 2.46 bits per heavy atom. The van der Waals surface area contributed by atoms with Crippen LogP contribution in [-0.2, 0) is 22.4 Å². The largest absolute Gasteiger partial charge is 0.325 e. The summed E-state index contributed by atoms with van der Waals surface area (Å²) in [7, 11) is 0. The van der Waals surface area contributed by atoms with E-state index in [1.165, 1.54) is 11.8 Å². The number of carbonyl (C=O) groups is 2. The average Bonchev–Trinajstić information content (AvgIpc) is 3.02. The summed E-state index contributed by atoms with van der Waals surface area (Å²) in [5.74, 6) is -0.463. The summed E-state index contributed by atoms with van der Waals surface area (Å²) in [5, 5.41) is 6.05. The fraction of sp³-hybridized carbons (Fsp3) is 0.286. The third kappa shape index (κ3) is 4.75. The van der Waals surface area contributed by atoms with Crippen molar-refractivity contribution >= 4 is 51.7 Å². The molecular formula is C21H22ClN3O2S. The normalized spacial score (nSPS) is 17.6. The van der Waals surface area contributed by atoms with Crippen molar-refractivity contribution in [2.75, 3.05) is 5.32 Å². The van der Waals surface area contributed by atoms with E-state index in [1.54, 1.807) is 24.3 Å². The van der Waals surface area contributed by atoms with Crippen LogP contribution in [0, 0.1) is 0 Å². The molecule has 2 N–H and O–H groups in total. The van der Waals surface area contributed by atoms with E-state index in [1.807, 2.05) is 6.07 Å². The van der Waals surface area contributed by atoms with Gasteiger partial charge < -0.3 is 10.6 Å². The number of amidine groups is 1. The second-order valence-electron chi connectivity index (χ2n) is 6.38. The maximum absolute atomic E-state index is 12.3. The number of hydrogen-bond acceptors (Lipinski definition) is 4. The van der Waals surface area contributed by atoms with E-state index in [2.05, 4.69) is 36.6 Å². The van der Waals surface area contributed by atoms with Gasteiger partial charge in [0.1, 0.15) is 5.25 Å². The molecular weight excluding hydrogens is 394 g/mol. The van der Waals surface area contributed by atoms with E-state index in [0.29, 0.717) is 15.9 Å². The first-order valence-electron chi connectivity index (χ1n) is 9.23. The number of thioether (sulfide) groups is 1. The first kappa shape index (κ1) is 20.4. The number of nitrogens with zero attached hydrogens (tertiary/aromatic N) is 1. The summed E-state index contributed by atoms with van der Waals surface area (Å²) < 4.78 is 0. The first-order valence-corrected chi connectivity index (χ1v) is 10.5. The number of hydrogen-bond donors (Lipinski definition) is 2. The Hall–Kier alpha value is -2.31. The van der Waals surface area contributed by atoms with Crippen molar-refractivity contribution in [1.29, 1.82) is 0 Å². The van der Waals surface area contributed by atoms with Crippen LogP contribution in [0.4, 0.5) is 11.4 Å².